The summed E-state index contributed by atoms with van der Waals surface area (Å²) in [5.74, 6) is 0.0358. The largest absolute Gasteiger partial charge is 0.497 e. The predicted octanol–water partition coefficient (Wildman–Crippen LogP) is 2.61. The minimum atomic E-state index is -3.89. The third-order valence-electron chi connectivity index (χ3n) is 3.27. The molecule has 0 amide bonds. The highest BCUT2D eigenvalue weighted by Crippen LogP contribution is 2.23. The maximum absolute atomic E-state index is 12.4. The van der Waals surface area contributed by atoms with Gasteiger partial charge in [-0.25, -0.2) is 17.9 Å². The first-order valence-corrected chi connectivity index (χ1v) is 8.74. The zero-order chi connectivity index (χ0) is 17.7. The first-order valence-electron chi connectivity index (χ1n) is 6.88. The minimum Gasteiger partial charge on any atom is -0.497 e. The molecule has 0 spiro atoms. The van der Waals surface area contributed by atoms with Crippen molar-refractivity contribution in [1.29, 1.82) is 0 Å². The molecular formula is C16H16ClNO5S. The third kappa shape index (κ3) is 4.25. The van der Waals surface area contributed by atoms with Gasteiger partial charge in [0.25, 0.3) is 0 Å². The van der Waals surface area contributed by atoms with E-state index in [0.717, 1.165) is 5.56 Å². The maximum Gasteiger partial charge on any atom is 0.337 e. The van der Waals surface area contributed by atoms with E-state index in [1.165, 1.54) is 25.3 Å². The van der Waals surface area contributed by atoms with Gasteiger partial charge >= 0.3 is 5.97 Å². The van der Waals surface area contributed by atoms with Gasteiger partial charge in [0.1, 0.15) is 10.6 Å². The molecule has 0 saturated heterocycles. The van der Waals surface area contributed by atoms with Gasteiger partial charge in [-0.2, -0.15) is 0 Å². The van der Waals surface area contributed by atoms with E-state index in [-0.39, 0.29) is 22.0 Å². The van der Waals surface area contributed by atoms with Crippen molar-refractivity contribution in [3.63, 3.8) is 0 Å². The van der Waals surface area contributed by atoms with Crippen LogP contribution in [0.2, 0.25) is 5.02 Å². The first kappa shape index (κ1) is 18.3. The Morgan fingerprint density at radius 3 is 2.38 bits per heavy atom. The highest BCUT2D eigenvalue weighted by atomic mass is 35.5. The molecule has 0 heterocycles. The molecule has 0 bridgehead atoms. The molecule has 0 saturated carbocycles. The molecule has 2 aromatic carbocycles. The van der Waals surface area contributed by atoms with E-state index in [2.05, 4.69) is 9.46 Å². The lowest BCUT2D eigenvalue weighted by Gasteiger charge is -2.10. The first-order chi connectivity index (χ1) is 11.4. The van der Waals surface area contributed by atoms with Gasteiger partial charge in [0, 0.05) is 6.54 Å². The lowest BCUT2D eigenvalue weighted by Crippen LogP contribution is -2.24. The van der Waals surface area contributed by atoms with Crippen molar-refractivity contribution in [3.8, 4) is 5.75 Å². The van der Waals surface area contributed by atoms with Gasteiger partial charge in [0.2, 0.25) is 10.0 Å². The van der Waals surface area contributed by atoms with E-state index in [1.807, 2.05) is 0 Å². The Kier molecular flexibility index (Phi) is 5.82. The number of esters is 1. The van der Waals surface area contributed by atoms with Crippen LogP contribution in [0.15, 0.2) is 47.4 Å². The van der Waals surface area contributed by atoms with Gasteiger partial charge in [0.15, 0.2) is 0 Å². The van der Waals surface area contributed by atoms with E-state index in [0.29, 0.717) is 5.75 Å². The normalized spacial score (nSPS) is 11.1. The number of carbonyl (C=O) groups excluding carboxylic acids is 1. The Balaban J connectivity index is 2.21. The lowest BCUT2D eigenvalue weighted by molar-refractivity contribution is 0.0600. The molecule has 0 fully saturated rings. The number of benzene rings is 2. The second-order valence-electron chi connectivity index (χ2n) is 4.81. The van der Waals surface area contributed by atoms with Crippen LogP contribution in [-0.2, 0) is 21.3 Å². The fraction of sp³-hybridized carbons (Fsp3) is 0.188. The number of nitrogens with one attached hydrogen (secondary N) is 1. The fourth-order valence-electron chi connectivity index (χ4n) is 1.95. The number of halogens is 1. The number of ether oxygens (including phenoxy) is 2. The van der Waals surface area contributed by atoms with Crippen LogP contribution in [0.25, 0.3) is 0 Å². The molecule has 8 heteroatoms. The maximum atomic E-state index is 12.4. The van der Waals surface area contributed by atoms with E-state index < -0.39 is 16.0 Å². The summed E-state index contributed by atoms with van der Waals surface area (Å²) in [5.41, 5.74) is 0.853. The molecule has 6 nitrogen and oxygen atoms in total. The van der Waals surface area contributed by atoms with E-state index in [9.17, 15) is 13.2 Å². The van der Waals surface area contributed by atoms with Crippen molar-refractivity contribution in [2.45, 2.75) is 11.4 Å². The van der Waals surface area contributed by atoms with Crippen LogP contribution in [0.4, 0.5) is 0 Å². The summed E-state index contributed by atoms with van der Waals surface area (Å²) >= 11 is 5.96. The van der Waals surface area contributed by atoms with Crippen LogP contribution in [0.3, 0.4) is 0 Å². The van der Waals surface area contributed by atoms with Crippen LogP contribution >= 0.6 is 11.6 Å². The third-order valence-corrected chi connectivity index (χ3v) is 5.15. The van der Waals surface area contributed by atoms with Crippen LogP contribution in [0.1, 0.15) is 15.9 Å². The molecule has 128 valence electrons. The molecular weight excluding hydrogens is 354 g/mol. The molecule has 2 aromatic rings. The van der Waals surface area contributed by atoms with Crippen molar-refractivity contribution >= 4 is 27.6 Å². The van der Waals surface area contributed by atoms with Crippen molar-refractivity contribution in [1.82, 2.24) is 4.72 Å². The highest BCUT2D eigenvalue weighted by Gasteiger charge is 2.20. The van der Waals surface area contributed by atoms with Crippen molar-refractivity contribution in [2.24, 2.45) is 0 Å². The molecule has 0 atom stereocenters. The molecule has 0 aromatic heterocycles. The molecule has 0 aliphatic heterocycles. The van der Waals surface area contributed by atoms with Crippen LogP contribution in [0.5, 0.6) is 5.75 Å². The molecule has 1 N–H and O–H groups in total. The van der Waals surface area contributed by atoms with E-state index in [1.54, 1.807) is 31.4 Å². The van der Waals surface area contributed by atoms with Gasteiger partial charge in [-0.05, 0) is 35.9 Å². The summed E-state index contributed by atoms with van der Waals surface area (Å²) in [5, 5.41) is 0.0184. The zero-order valence-corrected chi connectivity index (χ0v) is 14.6. The lowest BCUT2D eigenvalue weighted by atomic mass is 10.2. The summed E-state index contributed by atoms with van der Waals surface area (Å²) in [6, 6.07) is 10.9. The number of hydrogen-bond donors (Lipinski definition) is 1. The summed E-state index contributed by atoms with van der Waals surface area (Å²) in [7, 11) is -1.13. The SMILES string of the molecule is COC(=O)c1ccc(Cl)c(S(=O)(=O)NCc2ccc(OC)cc2)c1. The highest BCUT2D eigenvalue weighted by molar-refractivity contribution is 7.89. The van der Waals surface area contributed by atoms with Crippen molar-refractivity contribution < 1.29 is 22.7 Å². The van der Waals surface area contributed by atoms with Crippen LogP contribution < -0.4 is 9.46 Å². The Hall–Kier alpha value is -2.09. The van der Waals surface area contributed by atoms with E-state index >= 15 is 0 Å². The standard InChI is InChI=1S/C16H16ClNO5S/c1-22-13-6-3-11(4-7-13)10-18-24(20,21)15-9-12(16(19)23-2)5-8-14(15)17/h3-9,18H,10H2,1-2H3. The molecule has 0 aliphatic carbocycles. The van der Waals surface area contributed by atoms with Gasteiger partial charge < -0.3 is 9.47 Å². The summed E-state index contributed by atoms with van der Waals surface area (Å²) in [6.45, 7) is 0.0745. The van der Waals surface area contributed by atoms with Gasteiger partial charge in [-0.1, -0.05) is 23.7 Å². The summed E-state index contributed by atoms with van der Waals surface area (Å²) < 4.78 is 37.0. The molecule has 0 unspecified atom stereocenters. The Morgan fingerprint density at radius 1 is 1.12 bits per heavy atom. The van der Waals surface area contributed by atoms with Gasteiger partial charge in [-0.3, -0.25) is 0 Å². The number of carbonyl (C=O) groups is 1. The molecule has 2 rings (SSSR count). The molecule has 0 aliphatic rings. The average Bonchev–Trinajstić information content (AvgIpc) is 2.60. The van der Waals surface area contributed by atoms with Gasteiger partial charge in [0.05, 0.1) is 24.8 Å². The second kappa shape index (κ2) is 7.65. The van der Waals surface area contributed by atoms with Gasteiger partial charge in [-0.15, -0.1) is 0 Å². The molecule has 24 heavy (non-hydrogen) atoms. The number of rotatable bonds is 6. The number of sulfonamides is 1. The Morgan fingerprint density at radius 2 is 1.79 bits per heavy atom. The fourth-order valence-corrected chi connectivity index (χ4v) is 3.49. The molecule has 0 radical (unpaired) electrons. The van der Waals surface area contributed by atoms with Crippen LogP contribution in [0, 0.1) is 0 Å². The quantitative estimate of drug-likeness (QED) is 0.791. The number of methoxy groups -OCH3 is 2. The smallest absolute Gasteiger partial charge is 0.337 e. The summed E-state index contributed by atoms with van der Waals surface area (Å²) in [4.78, 5) is 11.4. The second-order valence-corrected chi connectivity index (χ2v) is 6.95. The topological polar surface area (TPSA) is 81.7 Å². The van der Waals surface area contributed by atoms with Crippen molar-refractivity contribution in [3.05, 3.63) is 58.6 Å². The Labute approximate surface area is 145 Å². The summed E-state index contributed by atoms with van der Waals surface area (Å²) in [6.07, 6.45) is 0. The van der Waals surface area contributed by atoms with Crippen molar-refractivity contribution in [2.75, 3.05) is 14.2 Å². The zero-order valence-electron chi connectivity index (χ0n) is 13.1. The van der Waals surface area contributed by atoms with E-state index in [4.69, 9.17) is 16.3 Å². The number of hydrogen-bond acceptors (Lipinski definition) is 5. The van der Waals surface area contributed by atoms with Crippen LogP contribution in [-0.4, -0.2) is 28.6 Å². The minimum absolute atomic E-state index is 0.0184. The average molecular weight is 370 g/mol. The predicted molar refractivity (Wildman–Crippen MR) is 89.8 cm³/mol. The Bertz CT molecular complexity index is 834. The monoisotopic (exact) mass is 369 g/mol.